The van der Waals surface area contributed by atoms with Gasteiger partial charge in [-0.1, -0.05) is 25.1 Å². The third kappa shape index (κ3) is 5.62. The Bertz CT molecular complexity index is 1780. The fourth-order valence-electron chi connectivity index (χ4n) is 7.56. The molecule has 1 aromatic carbocycles. The number of allylic oxidation sites excluding steroid dienone is 3. The number of anilines is 2. The molecule has 0 bridgehead atoms. The fourth-order valence-corrected chi connectivity index (χ4v) is 7.56. The fraction of sp³-hybridized carbons (Fsp3) is 0.486. The van der Waals surface area contributed by atoms with Crippen molar-refractivity contribution >= 4 is 17.3 Å². The van der Waals surface area contributed by atoms with Crippen molar-refractivity contribution in [1.82, 2.24) is 24.6 Å². The number of benzene rings is 1. The van der Waals surface area contributed by atoms with Crippen molar-refractivity contribution in [3.63, 3.8) is 0 Å². The van der Waals surface area contributed by atoms with Gasteiger partial charge in [0.2, 0.25) is 0 Å². The van der Waals surface area contributed by atoms with E-state index in [1.165, 1.54) is 22.5 Å². The third-order valence-electron chi connectivity index (χ3n) is 10.8. The summed E-state index contributed by atoms with van der Waals surface area (Å²) >= 11 is 0. The summed E-state index contributed by atoms with van der Waals surface area (Å²) in [7, 11) is 3.88. The molecule has 3 aliphatic heterocycles. The molecule has 252 valence electrons. The molecule has 5 aliphatic rings. The smallest absolute Gasteiger partial charge is 0.272 e. The average Bonchev–Trinajstić information content (AvgIpc) is 3.99. The lowest BCUT2D eigenvalue weighted by molar-refractivity contribution is -0.0195. The van der Waals surface area contributed by atoms with Gasteiger partial charge in [-0.05, 0) is 62.3 Å². The van der Waals surface area contributed by atoms with Gasteiger partial charge < -0.3 is 31.3 Å². The van der Waals surface area contributed by atoms with Crippen LogP contribution in [0.4, 0.5) is 11.4 Å². The molecule has 8 rings (SSSR count). The second kappa shape index (κ2) is 12.3. The molecule has 0 radical (unpaired) electrons. The first-order chi connectivity index (χ1) is 23.3. The summed E-state index contributed by atoms with van der Waals surface area (Å²) in [6.07, 6.45) is 9.81. The Labute approximate surface area is 282 Å². The number of hydrogen-bond acceptors (Lipinski definition) is 9. The first-order valence-electron chi connectivity index (χ1n) is 17.5. The Hall–Kier alpha value is -4.35. The lowest BCUT2D eigenvalue weighted by Gasteiger charge is -2.43. The quantitative estimate of drug-likeness (QED) is 0.255. The van der Waals surface area contributed by atoms with E-state index in [1.54, 1.807) is 18.1 Å². The summed E-state index contributed by atoms with van der Waals surface area (Å²) in [6.45, 7) is 5.97. The molecular weight excluding hydrogens is 602 g/mol. The normalized spacial score (nSPS) is 22.1. The molecule has 1 atom stereocenters. The molecule has 2 aromatic heterocycles. The van der Waals surface area contributed by atoms with Crippen molar-refractivity contribution in [3.05, 3.63) is 82.8 Å². The Balaban J connectivity index is 1.01. The minimum Gasteiger partial charge on any atom is -0.402 e. The van der Waals surface area contributed by atoms with Gasteiger partial charge in [0.05, 0.1) is 52.8 Å². The predicted molar refractivity (Wildman–Crippen MR) is 187 cm³/mol. The zero-order valence-corrected chi connectivity index (χ0v) is 28.2. The highest BCUT2D eigenvalue weighted by Gasteiger charge is 2.39. The molecule has 3 aromatic rings. The Morgan fingerprint density at radius 3 is 2.48 bits per heavy atom. The van der Waals surface area contributed by atoms with E-state index in [9.17, 15) is 4.79 Å². The van der Waals surface area contributed by atoms with Gasteiger partial charge >= 0.3 is 0 Å². The number of para-hydroxylation sites is 1. The molecule has 11 heteroatoms. The van der Waals surface area contributed by atoms with E-state index in [4.69, 9.17) is 26.3 Å². The maximum Gasteiger partial charge on any atom is 0.272 e. The number of ether oxygens (including phenoxy) is 1. The third-order valence-corrected chi connectivity index (χ3v) is 10.8. The maximum atomic E-state index is 12.9. The van der Waals surface area contributed by atoms with E-state index in [0.29, 0.717) is 37.2 Å². The topological polar surface area (TPSA) is 131 Å². The highest BCUT2D eigenvalue weighted by atomic mass is 16.5. The van der Waals surface area contributed by atoms with Crippen LogP contribution in [0.25, 0.3) is 11.1 Å². The number of aromatic nitrogens is 3. The summed E-state index contributed by atoms with van der Waals surface area (Å²) in [5.41, 5.74) is 23.3. The number of rotatable bonds is 11. The van der Waals surface area contributed by atoms with E-state index < -0.39 is 0 Å². The number of nitrogens with one attached hydrogen (secondary N) is 1. The van der Waals surface area contributed by atoms with Gasteiger partial charge in [0.15, 0.2) is 0 Å². The molecule has 11 nitrogen and oxygen atoms in total. The van der Waals surface area contributed by atoms with Crippen LogP contribution in [0, 0.1) is 11.8 Å². The second-order valence-corrected chi connectivity index (χ2v) is 14.2. The van der Waals surface area contributed by atoms with Gasteiger partial charge in [-0.3, -0.25) is 14.4 Å². The summed E-state index contributed by atoms with van der Waals surface area (Å²) in [5, 5.41) is 8.75. The van der Waals surface area contributed by atoms with Crippen molar-refractivity contribution in [1.29, 1.82) is 0 Å². The van der Waals surface area contributed by atoms with Crippen LogP contribution in [0.5, 0.6) is 0 Å². The van der Waals surface area contributed by atoms with Gasteiger partial charge in [0.25, 0.3) is 5.91 Å². The molecule has 2 saturated heterocycles. The number of fused-ring (bicyclic) bond motifs is 3. The average molecular weight is 650 g/mol. The van der Waals surface area contributed by atoms with Crippen LogP contribution in [0.1, 0.15) is 73.0 Å². The zero-order valence-electron chi connectivity index (χ0n) is 28.2. The predicted octanol–water partition coefficient (Wildman–Crippen LogP) is 4.62. The summed E-state index contributed by atoms with van der Waals surface area (Å²) in [6, 6.07) is 12.7. The Kier molecular flexibility index (Phi) is 7.91. The lowest BCUT2D eigenvalue weighted by atomic mass is 9.91. The van der Waals surface area contributed by atoms with E-state index in [-0.39, 0.29) is 24.1 Å². The second-order valence-electron chi connectivity index (χ2n) is 14.2. The number of nitrogens with two attached hydrogens (primary N) is 2. The Morgan fingerprint density at radius 1 is 1.02 bits per heavy atom. The van der Waals surface area contributed by atoms with Gasteiger partial charge in [-0.2, -0.15) is 5.10 Å². The summed E-state index contributed by atoms with van der Waals surface area (Å²) in [5.74, 6) is 0.882. The standard InChI is InChI=1S/C37H47N9O2/c1-4-33-36-28(27-8-6-9-30(35(27)43(33)2)42-32(34(39)23-13-14-23)15-29(38)22-11-12-22)16-40-46(36)25-18-44(19-25)17-24-7-5-10-31(41-24)37(47)45-20-26(21-45)48-3/h5-10,15-16,22-23,25-26,33,42H,4,11-14,17-21,38-39H2,1-3H3/b29-15-,34-32+. The molecule has 0 spiro atoms. The van der Waals surface area contributed by atoms with Crippen molar-refractivity contribution in [3.8, 4) is 11.1 Å². The largest absolute Gasteiger partial charge is 0.402 e. The summed E-state index contributed by atoms with van der Waals surface area (Å²) in [4.78, 5) is 24.2. The molecule has 5 heterocycles. The molecule has 2 aliphatic carbocycles. The number of amides is 1. The maximum absolute atomic E-state index is 12.9. The van der Waals surface area contributed by atoms with Gasteiger partial charge in [-0.15, -0.1) is 0 Å². The van der Waals surface area contributed by atoms with E-state index >= 15 is 0 Å². The van der Waals surface area contributed by atoms with Crippen LogP contribution in [-0.4, -0.2) is 76.9 Å². The highest BCUT2D eigenvalue weighted by molar-refractivity contribution is 5.93. The van der Waals surface area contributed by atoms with Gasteiger partial charge in [0, 0.05) is 75.3 Å². The molecule has 1 amide bonds. The van der Waals surface area contributed by atoms with Gasteiger partial charge in [0.1, 0.15) is 5.69 Å². The highest BCUT2D eigenvalue weighted by Crippen LogP contribution is 2.50. The number of carbonyl (C=O) groups is 1. The molecule has 48 heavy (non-hydrogen) atoms. The van der Waals surface area contributed by atoms with E-state index in [2.05, 4.69) is 64.2 Å². The van der Waals surface area contributed by atoms with Crippen LogP contribution in [0.2, 0.25) is 0 Å². The van der Waals surface area contributed by atoms with Crippen molar-refractivity contribution < 1.29 is 9.53 Å². The van der Waals surface area contributed by atoms with Crippen molar-refractivity contribution in [2.24, 2.45) is 23.3 Å². The van der Waals surface area contributed by atoms with Crippen molar-refractivity contribution in [2.45, 2.75) is 63.8 Å². The minimum absolute atomic E-state index is 0.0272. The van der Waals surface area contributed by atoms with E-state index in [1.807, 2.05) is 12.1 Å². The Morgan fingerprint density at radius 2 is 1.77 bits per heavy atom. The number of carbonyl (C=O) groups excluding carboxylic acids is 1. The molecule has 2 saturated carbocycles. The first kappa shape index (κ1) is 31.0. The number of likely N-dealkylation sites (tertiary alicyclic amines) is 2. The summed E-state index contributed by atoms with van der Waals surface area (Å²) < 4.78 is 7.59. The van der Waals surface area contributed by atoms with E-state index in [0.717, 1.165) is 73.7 Å². The molecule has 4 fully saturated rings. The first-order valence-corrected chi connectivity index (χ1v) is 17.5. The SMILES string of the molecule is CCC1c2c(cnn2C2CN(Cc3cccc(C(=O)N4CC(OC)C4)n3)C2)-c2cccc(NC(/C=C(\N)C3CC3)=C(/N)C3CC3)c2N1C. The van der Waals surface area contributed by atoms with Gasteiger partial charge in [-0.25, -0.2) is 4.98 Å². The number of pyridine rings is 1. The van der Waals surface area contributed by atoms with Crippen LogP contribution in [-0.2, 0) is 11.3 Å². The van der Waals surface area contributed by atoms with Crippen LogP contribution < -0.4 is 21.7 Å². The molecule has 1 unspecified atom stereocenters. The minimum atomic E-state index is -0.0272. The van der Waals surface area contributed by atoms with Crippen LogP contribution in [0.15, 0.2) is 65.8 Å². The zero-order chi connectivity index (χ0) is 33.1. The van der Waals surface area contributed by atoms with Crippen LogP contribution >= 0.6 is 0 Å². The molecular formula is C37H47N9O2. The number of nitrogens with zero attached hydrogens (tertiary/aromatic N) is 6. The molecule has 5 N–H and O–H groups in total. The number of methoxy groups -OCH3 is 1. The number of hydrogen-bond donors (Lipinski definition) is 3. The lowest BCUT2D eigenvalue weighted by Crippen LogP contribution is -2.54. The van der Waals surface area contributed by atoms with Crippen molar-refractivity contribution in [2.75, 3.05) is 50.6 Å². The van der Waals surface area contributed by atoms with Crippen LogP contribution in [0.3, 0.4) is 0 Å². The monoisotopic (exact) mass is 649 g/mol.